The number of carbonyl (C=O) groups is 4. The van der Waals surface area contributed by atoms with E-state index in [1.807, 2.05) is 20.8 Å². The van der Waals surface area contributed by atoms with Crippen molar-refractivity contribution in [3.05, 3.63) is 98.7 Å². The highest BCUT2D eigenvalue weighted by Crippen LogP contribution is 2.33. The molecule has 1 aliphatic rings. The Balaban J connectivity index is 1.50. The van der Waals surface area contributed by atoms with E-state index >= 15 is 0 Å². The van der Waals surface area contributed by atoms with Crippen LogP contribution < -0.4 is 15.0 Å². The summed E-state index contributed by atoms with van der Waals surface area (Å²) in [7, 11) is 0. The zero-order valence-corrected chi connectivity index (χ0v) is 22.9. The number of anilines is 2. The summed E-state index contributed by atoms with van der Waals surface area (Å²) in [5, 5.41) is 3.11. The zero-order valence-electron chi connectivity index (χ0n) is 21.3. The average Bonchev–Trinajstić information content (AvgIpc) is 3.13. The number of nitrogens with one attached hydrogen (secondary N) is 1. The summed E-state index contributed by atoms with van der Waals surface area (Å²) in [4.78, 5) is 52.2. The fraction of sp³-hybridized carbons (Fsp3) is 0.172. The molecule has 0 fully saturated rings. The molecule has 0 unspecified atom stereocenters. The molecule has 3 aromatic rings. The number of amides is 2. The second kappa shape index (κ2) is 11.7. The van der Waals surface area contributed by atoms with Crippen LogP contribution in [-0.2, 0) is 14.3 Å². The number of para-hydroxylation sites is 1. The number of ether oxygens (including phenoxy) is 2. The third-order valence-corrected chi connectivity index (χ3v) is 6.79. The van der Waals surface area contributed by atoms with E-state index in [4.69, 9.17) is 32.7 Å². The van der Waals surface area contributed by atoms with Crippen LogP contribution in [0.1, 0.15) is 45.2 Å². The quantitative estimate of drug-likeness (QED) is 0.197. The molecule has 39 heavy (non-hydrogen) atoms. The van der Waals surface area contributed by atoms with Crippen LogP contribution >= 0.6 is 23.2 Å². The SMILES string of the molecule is CCCOC(=O)c1ccccc1N1C(=O)C(Cl)=C(Nc2ccc(C(=O)Oc3cc(C)c(Cl)c(C)c3)cc2)C1=O. The molecule has 1 aliphatic heterocycles. The van der Waals surface area contributed by atoms with E-state index in [0.29, 0.717) is 22.9 Å². The van der Waals surface area contributed by atoms with Gasteiger partial charge in [-0.2, -0.15) is 0 Å². The number of imide groups is 1. The van der Waals surface area contributed by atoms with Crippen LogP contribution in [0.25, 0.3) is 0 Å². The normalized spacial score (nSPS) is 13.1. The van der Waals surface area contributed by atoms with Gasteiger partial charge in [0.1, 0.15) is 16.5 Å². The van der Waals surface area contributed by atoms with Gasteiger partial charge in [0.2, 0.25) is 0 Å². The molecule has 0 spiro atoms. The van der Waals surface area contributed by atoms with Crippen LogP contribution in [0.2, 0.25) is 5.02 Å². The second-order valence-corrected chi connectivity index (χ2v) is 9.51. The van der Waals surface area contributed by atoms with Gasteiger partial charge in [0, 0.05) is 10.7 Å². The van der Waals surface area contributed by atoms with Gasteiger partial charge in [0.15, 0.2) is 0 Å². The number of halogens is 2. The molecule has 0 aliphatic carbocycles. The van der Waals surface area contributed by atoms with Crippen molar-refractivity contribution in [3.8, 4) is 5.75 Å². The Kier molecular flexibility index (Phi) is 8.38. The molecule has 0 bridgehead atoms. The highest BCUT2D eigenvalue weighted by Gasteiger charge is 2.40. The molecule has 1 N–H and O–H groups in total. The molecule has 0 atom stereocenters. The summed E-state index contributed by atoms with van der Waals surface area (Å²) in [5.41, 5.74) is 2.20. The Morgan fingerprint density at radius 3 is 2.18 bits per heavy atom. The number of aryl methyl sites for hydroxylation is 2. The molecular weight excluding hydrogens is 543 g/mol. The minimum atomic E-state index is -0.784. The third kappa shape index (κ3) is 5.82. The average molecular weight is 567 g/mol. The first kappa shape index (κ1) is 27.9. The van der Waals surface area contributed by atoms with Crippen molar-refractivity contribution >= 4 is 58.3 Å². The molecule has 200 valence electrons. The third-order valence-electron chi connectivity index (χ3n) is 5.84. The van der Waals surface area contributed by atoms with Crippen molar-refractivity contribution < 1.29 is 28.7 Å². The number of esters is 2. The predicted octanol–water partition coefficient (Wildman–Crippen LogP) is 6.18. The number of hydrogen-bond acceptors (Lipinski definition) is 7. The molecular formula is C29H24Cl2N2O6. The van der Waals surface area contributed by atoms with Crippen LogP contribution in [0.3, 0.4) is 0 Å². The van der Waals surface area contributed by atoms with Gasteiger partial charge >= 0.3 is 11.9 Å². The van der Waals surface area contributed by atoms with Gasteiger partial charge in [-0.3, -0.25) is 9.59 Å². The molecule has 8 nitrogen and oxygen atoms in total. The summed E-state index contributed by atoms with van der Waals surface area (Å²) >= 11 is 12.4. The lowest BCUT2D eigenvalue weighted by atomic mass is 10.1. The maximum Gasteiger partial charge on any atom is 0.343 e. The molecule has 4 rings (SSSR count). The van der Waals surface area contributed by atoms with Gasteiger partial charge in [0.05, 0.1) is 23.4 Å². The number of hydrogen-bond donors (Lipinski definition) is 1. The summed E-state index contributed by atoms with van der Waals surface area (Å²) in [6.07, 6.45) is 0.619. The van der Waals surface area contributed by atoms with Gasteiger partial charge in [-0.05, 0) is 79.9 Å². The summed E-state index contributed by atoms with van der Waals surface area (Å²) < 4.78 is 10.7. The van der Waals surface area contributed by atoms with E-state index in [1.165, 1.54) is 24.3 Å². The topological polar surface area (TPSA) is 102 Å². The van der Waals surface area contributed by atoms with E-state index < -0.39 is 23.8 Å². The highest BCUT2D eigenvalue weighted by atomic mass is 35.5. The van der Waals surface area contributed by atoms with Crippen molar-refractivity contribution in [2.75, 3.05) is 16.8 Å². The van der Waals surface area contributed by atoms with Crippen molar-refractivity contribution in [1.29, 1.82) is 0 Å². The lowest BCUT2D eigenvalue weighted by Crippen LogP contribution is -2.33. The van der Waals surface area contributed by atoms with Crippen LogP contribution in [0.15, 0.2) is 71.4 Å². The monoisotopic (exact) mass is 566 g/mol. The highest BCUT2D eigenvalue weighted by molar-refractivity contribution is 6.53. The summed E-state index contributed by atoms with van der Waals surface area (Å²) in [5.74, 6) is -2.39. The van der Waals surface area contributed by atoms with Crippen molar-refractivity contribution in [2.24, 2.45) is 0 Å². The van der Waals surface area contributed by atoms with Crippen molar-refractivity contribution in [3.63, 3.8) is 0 Å². The lowest BCUT2D eigenvalue weighted by molar-refractivity contribution is -0.120. The van der Waals surface area contributed by atoms with E-state index in [-0.39, 0.29) is 34.2 Å². The van der Waals surface area contributed by atoms with E-state index in [1.54, 1.807) is 36.4 Å². The Morgan fingerprint density at radius 1 is 0.897 bits per heavy atom. The molecule has 0 radical (unpaired) electrons. The van der Waals surface area contributed by atoms with Crippen LogP contribution in [0.5, 0.6) is 5.75 Å². The molecule has 0 aromatic heterocycles. The van der Waals surface area contributed by atoms with E-state index in [9.17, 15) is 19.2 Å². The standard InChI is InChI=1S/C29H24Cl2N2O6/c1-4-13-38-29(37)21-7-5-6-8-22(21)33-26(34)24(31)25(27(33)35)32-19-11-9-18(10-12-19)28(36)39-20-14-16(2)23(30)17(3)15-20/h5-12,14-15,32H,4,13H2,1-3H3. The summed E-state index contributed by atoms with van der Waals surface area (Å²) in [6.45, 7) is 5.69. The fourth-order valence-electron chi connectivity index (χ4n) is 3.91. The number of nitrogens with zero attached hydrogens (tertiary/aromatic N) is 1. The largest absolute Gasteiger partial charge is 0.462 e. The Hall–Kier alpha value is -4.14. The second-order valence-electron chi connectivity index (χ2n) is 8.75. The van der Waals surface area contributed by atoms with Gasteiger partial charge < -0.3 is 14.8 Å². The number of rotatable bonds is 8. The van der Waals surface area contributed by atoms with Crippen molar-refractivity contribution in [1.82, 2.24) is 0 Å². The zero-order chi connectivity index (χ0) is 28.3. The first-order valence-corrected chi connectivity index (χ1v) is 12.8. The smallest absolute Gasteiger partial charge is 0.343 e. The van der Waals surface area contributed by atoms with Crippen LogP contribution in [0.4, 0.5) is 11.4 Å². The molecule has 0 saturated carbocycles. The van der Waals surface area contributed by atoms with Gasteiger partial charge in [-0.15, -0.1) is 0 Å². The molecule has 1 heterocycles. The van der Waals surface area contributed by atoms with Crippen LogP contribution in [0, 0.1) is 13.8 Å². The van der Waals surface area contributed by atoms with Gasteiger partial charge in [-0.1, -0.05) is 42.3 Å². The number of benzene rings is 3. The van der Waals surface area contributed by atoms with Crippen molar-refractivity contribution in [2.45, 2.75) is 27.2 Å². The molecule has 2 amide bonds. The summed E-state index contributed by atoms with van der Waals surface area (Å²) in [6, 6.07) is 15.6. The Morgan fingerprint density at radius 2 is 1.54 bits per heavy atom. The maximum absolute atomic E-state index is 13.2. The minimum absolute atomic E-state index is 0.0623. The van der Waals surface area contributed by atoms with Gasteiger partial charge in [-0.25, -0.2) is 14.5 Å². The predicted molar refractivity (Wildman–Crippen MR) is 148 cm³/mol. The Bertz CT molecular complexity index is 1490. The molecule has 10 heteroatoms. The number of carbonyl (C=O) groups excluding carboxylic acids is 4. The first-order valence-electron chi connectivity index (χ1n) is 12.0. The Labute approximate surface area is 235 Å². The molecule has 3 aromatic carbocycles. The molecule has 0 saturated heterocycles. The first-order chi connectivity index (χ1) is 18.6. The van der Waals surface area contributed by atoms with E-state index in [2.05, 4.69) is 5.32 Å². The van der Waals surface area contributed by atoms with Gasteiger partial charge in [0.25, 0.3) is 11.8 Å². The lowest BCUT2D eigenvalue weighted by Gasteiger charge is -2.18. The maximum atomic E-state index is 13.2. The van der Waals surface area contributed by atoms with Crippen LogP contribution in [-0.4, -0.2) is 30.4 Å². The van der Waals surface area contributed by atoms with E-state index in [0.717, 1.165) is 16.0 Å². The minimum Gasteiger partial charge on any atom is -0.462 e. The fourth-order valence-corrected chi connectivity index (χ4v) is 4.23.